The first-order valence-electron chi connectivity index (χ1n) is 10.7. The summed E-state index contributed by atoms with van der Waals surface area (Å²) in [4.78, 5) is 4.43. The van der Waals surface area contributed by atoms with E-state index in [1.165, 1.54) is 0 Å². The van der Waals surface area contributed by atoms with Gasteiger partial charge in [0, 0.05) is 51.4 Å². The summed E-state index contributed by atoms with van der Waals surface area (Å²) in [5.41, 5.74) is 0. The van der Waals surface area contributed by atoms with Gasteiger partial charge in [0.15, 0.2) is 11.5 Å². The lowest BCUT2D eigenvalue weighted by Crippen LogP contribution is -2.51. The van der Waals surface area contributed by atoms with Crippen LogP contribution < -0.4 is 18.9 Å². The molecule has 2 unspecified atom stereocenters. The van der Waals surface area contributed by atoms with Crippen molar-refractivity contribution in [3.05, 3.63) is 12.1 Å². The standard InChI is InChI=1S/C22H38N2O7/c1-16(2)30-14-17(25)12-23-6-8-24(9-7-23)13-18(26)15-31-19-10-20(27-3)22(29-5)21(11-19)28-4/h10-11,16-18,25-26H,6-9,12-15H2,1-5H3. The van der Waals surface area contributed by atoms with Crippen LogP contribution in [0.1, 0.15) is 13.8 Å². The Morgan fingerprint density at radius 3 is 1.71 bits per heavy atom. The van der Waals surface area contributed by atoms with Gasteiger partial charge in [0.1, 0.15) is 18.5 Å². The van der Waals surface area contributed by atoms with Crippen LogP contribution in [0.15, 0.2) is 12.1 Å². The lowest BCUT2D eigenvalue weighted by Gasteiger charge is -2.36. The maximum Gasteiger partial charge on any atom is 0.203 e. The first-order valence-corrected chi connectivity index (χ1v) is 10.7. The van der Waals surface area contributed by atoms with E-state index in [0.717, 1.165) is 26.2 Å². The summed E-state index contributed by atoms with van der Waals surface area (Å²) in [6.45, 7) is 8.92. The van der Waals surface area contributed by atoms with Crippen LogP contribution in [0.2, 0.25) is 0 Å². The van der Waals surface area contributed by atoms with Gasteiger partial charge in [0.2, 0.25) is 5.75 Å². The molecule has 178 valence electrons. The highest BCUT2D eigenvalue weighted by molar-refractivity contribution is 5.55. The van der Waals surface area contributed by atoms with Gasteiger partial charge in [-0.1, -0.05) is 0 Å². The number of aliphatic hydroxyl groups is 2. The number of β-amino-alcohol motifs (C(OH)–C–C–N with tert-alkyl or cyclic N) is 2. The highest BCUT2D eigenvalue weighted by atomic mass is 16.5. The van der Waals surface area contributed by atoms with Crippen molar-refractivity contribution in [2.45, 2.75) is 32.2 Å². The highest BCUT2D eigenvalue weighted by Crippen LogP contribution is 2.40. The second-order valence-electron chi connectivity index (χ2n) is 7.96. The molecule has 2 N–H and O–H groups in total. The molecule has 9 nitrogen and oxygen atoms in total. The van der Waals surface area contributed by atoms with E-state index in [2.05, 4.69) is 9.80 Å². The van der Waals surface area contributed by atoms with Crippen molar-refractivity contribution in [1.29, 1.82) is 0 Å². The summed E-state index contributed by atoms with van der Waals surface area (Å²) in [6.07, 6.45) is -0.989. The Bertz CT molecular complexity index is 626. The molecule has 0 radical (unpaired) electrons. The first kappa shape index (κ1) is 25.5. The molecule has 1 fully saturated rings. The van der Waals surface area contributed by atoms with Crippen LogP contribution in [0.3, 0.4) is 0 Å². The van der Waals surface area contributed by atoms with Gasteiger partial charge in [-0.25, -0.2) is 0 Å². The fourth-order valence-corrected chi connectivity index (χ4v) is 3.49. The van der Waals surface area contributed by atoms with Gasteiger partial charge < -0.3 is 33.9 Å². The first-order chi connectivity index (χ1) is 14.9. The molecule has 9 heteroatoms. The lowest BCUT2D eigenvalue weighted by molar-refractivity contribution is -0.0176. The number of hydrogen-bond acceptors (Lipinski definition) is 9. The molecule has 0 bridgehead atoms. The summed E-state index contributed by atoms with van der Waals surface area (Å²) in [5, 5.41) is 20.5. The monoisotopic (exact) mass is 442 g/mol. The van der Waals surface area contributed by atoms with Crippen molar-refractivity contribution in [3.63, 3.8) is 0 Å². The second-order valence-corrected chi connectivity index (χ2v) is 7.96. The van der Waals surface area contributed by atoms with Gasteiger partial charge in [-0.05, 0) is 13.8 Å². The largest absolute Gasteiger partial charge is 0.493 e. The molecular weight excluding hydrogens is 404 g/mol. The van der Waals surface area contributed by atoms with E-state index in [-0.39, 0.29) is 12.7 Å². The Labute approximate surface area is 185 Å². The van der Waals surface area contributed by atoms with Crippen LogP contribution in [0, 0.1) is 0 Å². The van der Waals surface area contributed by atoms with Crippen molar-refractivity contribution in [2.75, 3.05) is 73.8 Å². The minimum absolute atomic E-state index is 0.121. The number of benzene rings is 1. The number of piperazine rings is 1. The quantitative estimate of drug-likeness (QED) is 0.461. The van der Waals surface area contributed by atoms with E-state index in [0.29, 0.717) is 42.7 Å². The SMILES string of the molecule is COc1cc(OCC(O)CN2CCN(CC(O)COC(C)C)CC2)cc(OC)c1OC. The summed E-state index contributed by atoms with van der Waals surface area (Å²) >= 11 is 0. The smallest absolute Gasteiger partial charge is 0.203 e. The van der Waals surface area contributed by atoms with Crippen molar-refractivity contribution >= 4 is 0 Å². The molecule has 1 aliphatic heterocycles. The van der Waals surface area contributed by atoms with E-state index in [9.17, 15) is 10.2 Å². The van der Waals surface area contributed by atoms with Gasteiger partial charge in [0.25, 0.3) is 0 Å². The molecular formula is C22H38N2O7. The Hall–Kier alpha value is -1.78. The third kappa shape index (κ3) is 8.34. The Balaban J connectivity index is 1.75. The number of methoxy groups -OCH3 is 3. The molecule has 1 heterocycles. The predicted molar refractivity (Wildman–Crippen MR) is 118 cm³/mol. The summed E-state index contributed by atoms with van der Waals surface area (Å²) in [7, 11) is 4.64. The summed E-state index contributed by atoms with van der Waals surface area (Å²) in [5.74, 6) is 2.04. The molecule has 1 aromatic rings. The highest BCUT2D eigenvalue weighted by Gasteiger charge is 2.22. The van der Waals surface area contributed by atoms with Crippen molar-refractivity contribution < 1.29 is 33.9 Å². The fourth-order valence-electron chi connectivity index (χ4n) is 3.49. The molecule has 0 saturated carbocycles. The zero-order valence-corrected chi connectivity index (χ0v) is 19.4. The Kier molecular flexibility index (Phi) is 10.6. The Morgan fingerprint density at radius 2 is 1.29 bits per heavy atom. The summed E-state index contributed by atoms with van der Waals surface area (Å²) in [6, 6.07) is 3.42. The molecule has 0 aromatic heterocycles. The third-order valence-electron chi connectivity index (χ3n) is 5.11. The van der Waals surface area contributed by atoms with E-state index in [1.807, 2.05) is 13.8 Å². The molecule has 31 heavy (non-hydrogen) atoms. The molecule has 2 atom stereocenters. The lowest BCUT2D eigenvalue weighted by atomic mass is 10.2. The van der Waals surface area contributed by atoms with E-state index < -0.39 is 12.2 Å². The van der Waals surface area contributed by atoms with Crippen LogP contribution in [0.4, 0.5) is 0 Å². The van der Waals surface area contributed by atoms with Crippen molar-refractivity contribution in [2.24, 2.45) is 0 Å². The van der Waals surface area contributed by atoms with Gasteiger partial charge >= 0.3 is 0 Å². The van der Waals surface area contributed by atoms with Gasteiger partial charge in [-0.3, -0.25) is 9.80 Å². The minimum Gasteiger partial charge on any atom is -0.493 e. The molecule has 2 rings (SSSR count). The van der Waals surface area contributed by atoms with Crippen LogP contribution in [0.25, 0.3) is 0 Å². The van der Waals surface area contributed by atoms with Crippen LogP contribution >= 0.6 is 0 Å². The maximum atomic E-state index is 10.4. The van der Waals surface area contributed by atoms with Crippen LogP contribution in [-0.2, 0) is 4.74 Å². The molecule has 1 saturated heterocycles. The average molecular weight is 443 g/mol. The van der Waals surface area contributed by atoms with Crippen LogP contribution in [-0.4, -0.2) is 112 Å². The average Bonchev–Trinajstić information content (AvgIpc) is 2.76. The number of ether oxygens (including phenoxy) is 5. The van der Waals surface area contributed by atoms with Gasteiger partial charge in [-0.2, -0.15) is 0 Å². The molecule has 0 aliphatic carbocycles. The number of nitrogens with zero attached hydrogens (tertiary/aromatic N) is 2. The fraction of sp³-hybridized carbons (Fsp3) is 0.727. The van der Waals surface area contributed by atoms with E-state index in [4.69, 9.17) is 23.7 Å². The van der Waals surface area contributed by atoms with Gasteiger partial charge in [0.05, 0.1) is 40.1 Å². The molecule has 0 amide bonds. The number of aliphatic hydroxyl groups excluding tert-OH is 2. The van der Waals surface area contributed by atoms with Gasteiger partial charge in [-0.15, -0.1) is 0 Å². The second kappa shape index (κ2) is 12.9. The topological polar surface area (TPSA) is 93.1 Å². The summed E-state index contributed by atoms with van der Waals surface area (Å²) < 4.78 is 27.2. The predicted octanol–water partition coefficient (Wildman–Crippen LogP) is 0.856. The maximum absolute atomic E-state index is 10.4. The number of rotatable bonds is 13. The van der Waals surface area contributed by atoms with Crippen molar-refractivity contribution in [3.8, 4) is 23.0 Å². The normalized spacial score (nSPS) is 17.4. The minimum atomic E-state index is -0.629. The van der Waals surface area contributed by atoms with Crippen LogP contribution in [0.5, 0.6) is 23.0 Å². The third-order valence-corrected chi connectivity index (χ3v) is 5.11. The van der Waals surface area contributed by atoms with E-state index in [1.54, 1.807) is 33.5 Å². The molecule has 1 aromatic carbocycles. The zero-order chi connectivity index (χ0) is 22.8. The van der Waals surface area contributed by atoms with Crippen molar-refractivity contribution in [1.82, 2.24) is 9.80 Å². The zero-order valence-electron chi connectivity index (χ0n) is 19.4. The Morgan fingerprint density at radius 1 is 0.806 bits per heavy atom. The molecule has 1 aliphatic rings. The molecule has 0 spiro atoms. The van der Waals surface area contributed by atoms with E-state index >= 15 is 0 Å². The number of hydrogen-bond donors (Lipinski definition) is 2.